The smallest absolute Gasteiger partial charge is 0.213 e. The van der Waals surface area contributed by atoms with Crippen LogP contribution >= 0.6 is 22.6 Å². The molecule has 0 aliphatic carbocycles. The third-order valence-electron chi connectivity index (χ3n) is 1.19. The Morgan fingerprint density at radius 1 is 1.73 bits per heavy atom. The summed E-state index contributed by atoms with van der Waals surface area (Å²) in [5, 5.41) is 0. The fraction of sp³-hybridized carbons (Fsp3) is 0.143. The predicted molar refractivity (Wildman–Crippen MR) is 48.9 cm³/mol. The molecule has 0 fully saturated rings. The molecule has 0 aliphatic heterocycles. The molecule has 4 heteroatoms. The zero-order valence-corrected chi connectivity index (χ0v) is 8.03. The number of pyridine rings is 1. The van der Waals surface area contributed by atoms with Crippen LogP contribution in [0.3, 0.4) is 0 Å². The van der Waals surface area contributed by atoms with E-state index in [-0.39, 0.29) is 0 Å². The van der Waals surface area contributed by atoms with Crippen molar-refractivity contribution in [1.29, 1.82) is 0 Å². The highest BCUT2D eigenvalue weighted by Gasteiger charge is 2.00. The van der Waals surface area contributed by atoms with E-state index in [1.54, 1.807) is 13.2 Å². The summed E-state index contributed by atoms with van der Waals surface area (Å²) >= 11 is 2.06. The van der Waals surface area contributed by atoms with Gasteiger partial charge in [-0.05, 0) is 22.6 Å². The van der Waals surface area contributed by atoms with E-state index in [0.29, 0.717) is 11.4 Å². The zero-order chi connectivity index (χ0) is 8.27. The molecule has 3 nitrogen and oxygen atoms in total. The van der Waals surface area contributed by atoms with Gasteiger partial charge in [0.15, 0.2) is 6.29 Å². The van der Waals surface area contributed by atoms with Gasteiger partial charge in [0.1, 0.15) is 0 Å². The summed E-state index contributed by atoms with van der Waals surface area (Å²) < 4.78 is 5.71. The lowest BCUT2D eigenvalue weighted by molar-refractivity contribution is 0.112. The Kier molecular flexibility index (Phi) is 2.81. The molecule has 0 saturated carbocycles. The van der Waals surface area contributed by atoms with Gasteiger partial charge < -0.3 is 4.74 Å². The summed E-state index contributed by atoms with van der Waals surface area (Å²) in [7, 11) is 1.54. The first kappa shape index (κ1) is 8.45. The van der Waals surface area contributed by atoms with Crippen LogP contribution < -0.4 is 4.74 Å². The fourth-order valence-corrected chi connectivity index (χ4v) is 1.15. The van der Waals surface area contributed by atoms with Crippen molar-refractivity contribution in [3.8, 4) is 5.88 Å². The monoisotopic (exact) mass is 263 g/mol. The van der Waals surface area contributed by atoms with E-state index in [1.807, 2.05) is 0 Å². The lowest BCUT2D eigenvalue weighted by Gasteiger charge is -1.99. The molecule has 1 rings (SSSR count). The summed E-state index contributed by atoms with van der Waals surface area (Å²) in [5.41, 5.74) is 0.589. The maximum Gasteiger partial charge on any atom is 0.213 e. The largest absolute Gasteiger partial charge is 0.481 e. The highest BCUT2D eigenvalue weighted by molar-refractivity contribution is 14.1. The van der Waals surface area contributed by atoms with E-state index >= 15 is 0 Å². The number of rotatable bonds is 2. The van der Waals surface area contributed by atoms with E-state index in [1.165, 1.54) is 6.20 Å². The van der Waals surface area contributed by atoms with Crippen molar-refractivity contribution in [3.63, 3.8) is 0 Å². The maximum absolute atomic E-state index is 10.3. The molecule has 1 aromatic heterocycles. The van der Waals surface area contributed by atoms with Gasteiger partial charge in [-0.1, -0.05) is 0 Å². The molecule has 0 spiro atoms. The topological polar surface area (TPSA) is 39.2 Å². The molecule has 1 heterocycles. The third-order valence-corrected chi connectivity index (χ3v) is 2.13. The van der Waals surface area contributed by atoms with Crippen molar-refractivity contribution >= 4 is 28.9 Å². The molecule has 0 unspecified atom stereocenters. The zero-order valence-electron chi connectivity index (χ0n) is 5.87. The molecule has 0 aromatic carbocycles. The van der Waals surface area contributed by atoms with Gasteiger partial charge in [-0.15, -0.1) is 0 Å². The number of aromatic nitrogens is 1. The summed E-state index contributed by atoms with van der Waals surface area (Å²) in [6.45, 7) is 0. The Labute approximate surface area is 77.9 Å². The number of nitrogens with zero attached hydrogens (tertiary/aromatic N) is 1. The molecule has 58 valence electrons. The van der Waals surface area contributed by atoms with Gasteiger partial charge in [0.25, 0.3) is 0 Å². The van der Waals surface area contributed by atoms with Crippen LogP contribution in [0.1, 0.15) is 10.4 Å². The molecular formula is C7H6INO2. The van der Waals surface area contributed by atoms with Crippen LogP contribution in [0.15, 0.2) is 12.3 Å². The molecule has 11 heavy (non-hydrogen) atoms. The van der Waals surface area contributed by atoms with Gasteiger partial charge in [-0.3, -0.25) is 4.79 Å². The molecule has 1 aromatic rings. The van der Waals surface area contributed by atoms with Crippen molar-refractivity contribution in [2.75, 3.05) is 7.11 Å². The Morgan fingerprint density at radius 3 is 2.91 bits per heavy atom. The fourth-order valence-electron chi connectivity index (χ4n) is 0.622. The van der Waals surface area contributed by atoms with Crippen LogP contribution in [0.25, 0.3) is 0 Å². The molecule has 0 saturated heterocycles. The number of carbonyl (C=O) groups excluding carboxylic acids is 1. The van der Waals surface area contributed by atoms with E-state index in [4.69, 9.17) is 4.74 Å². The van der Waals surface area contributed by atoms with E-state index < -0.39 is 0 Å². The first-order chi connectivity index (χ1) is 5.27. The van der Waals surface area contributed by atoms with Crippen LogP contribution in [-0.4, -0.2) is 18.4 Å². The van der Waals surface area contributed by atoms with Gasteiger partial charge in [-0.2, -0.15) is 0 Å². The predicted octanol–water partition coefficient (Wildman–Crippen LogP) is 1.51. The Bertz CT molecular complexity index is 275. The molecule has 0 amide bonds. The Morgan fingerprint density at radius 2 is 2.45 bits per heavy atom. The number of hydrogen-bond acceptors (Lipinski definition) is 3. The van der Waals surface area contributed by atoms with Crippen LogP contribution in [0.2, 0.25) is 0 Å². The van der Waals surface area contributed by atoms with Gasteiger partial charge in [-0.25, -0.2) is 4.98 Å². The first-order valence-electron chi connectivity index (χ1n) is 2.92. The summed E-state index contributed by atoms with van der Waals surface area (Å²) in [5.74, 6) is 0.528. The van der Waals surface area contributed by atoms with Crippen molar-refractivity contribution in [1.82, 2.24) is 4.98 Å². The number of hydrogen-bond donors (Lipinski definition) is 0. The second kappa shape index (κ2) is 3.66. The van der Waals surface area contributed by atoms with Gasteiger partial charge >= 0.3 is 0 Å². The Balaban J connectivity index is 3.09. The highest BCUT2D eigenvalue weighted by atomic mass is 127. The lowest BCUT2D eigenvalue weighted by atomic mass is 10.3. The molecular weight excluding hydrogens is 257 g/mol. The molecule has 0 aliphatic rings. The van der Waals surface area contributed by atoms with E-state index in [9.17, 15) is 4.79 Å². The first-order valence-corrected chi connectivity index (χ1v) is 4.00. The van der Waals surface area contributed by atoms with Crippen LogP contribution in [0, 0.1) is 3.57 Å². The standard InChI is InChI=1S/C7H6INO2/c1-11-7-2-6(8)5(4-10)3-9-7/h2-4H,1H3. The van der Waals surface area contributed by atoms with Crippen molar-refractivity contribution in [2.24, 2.45) is 0 Å². The van der Waals surface area contributed by atoms with Gasteiger partial charge in [0, 0.05) is 21.4 Å². The third kappa shape index (κ3) is 1.89. The summed E-state index contributed by atoms with van der Waals surface area (Å²) in [6, 6.07) is 1.71. The number of methoxy groups -OCH3 is 1. The molecule has 0 bridgehead atoms. The lowest BCUT2D eigenvalue weighted by Crippen LogP contribution is -1.92. The average molecular weight is 263 g/mol. The minimum atomic E-state index is 0.528. The molecule has 0 N–H and O–H groups in total. The molecule has 0 radical (unpaired) electrons. The van der Waals surface area contributed by atoms with E-state index in [2.05, 4.69) is 27.6 Å². The van der Waals surface area contributed by atoms with Crippen molar-refractivity contribution in [2.45, 2.75) is 0 Å². The quantitative estimate of drug-likeness (QED) is 0.599. The van der Waals surface area contributed by atoms with Crippen LogP contribution in [-0.2, 0) is 0 Å². The highest BCUT2D eigenvalue weighted by Crippen LogP contribution is 2.14. The minimum Gasteiger partial charge on any atom is -0.481 e. The Hall–Kier alpha value is -0.650. The van der Waals surface area contributed by atoms with Crippen molar-refractivity contribution < 1.29 is 9.53 Å². The second-order valence-electron chi connectivity index (χ2n) is 1.87. The number of carbonyl (C=O) groups is 1. The number of aldehydes is 1. The average Bonchev–Trinajstić information content (AvgIpc) is 2.04. The molecule has 0 atom stereocenters. The summed E-state index contributed by atoms with van der Waals surface area (Å²) in [6.07, 6.45) is 2.27. The second-order valence-corrected chi connectivity index (χ2v) is 3.03. The van der Waals surface area contributed by atoms with E-state index in [0.717, 1.165) is 9.86 Å². The summed E-state index contributed by atoms with van der Waals surface area (Å²) in [4.78, 5) is 14.2. The van der Waals surface area contributed by atoms with Crippen molar-refractivity contribution in [3.05, 3.63) is 21.4 Å². The minimum absolute atomic E-state index is 0.528. The van der Waals surface area contributed by atoms with Crippen LogP contribution in [0.4, 0.5) is 0 Å². The number of halogens is 1. The maximum atomic E-state index is 10.3. The van der Waals surface area contributed by atoms with Gasteiger partial charge in [0.05, 0.1) is 7.11 Å². The SMILES string of the molecule is COc1cc(I)c(C=O)cn1. The van der Waals surface area contributed by atoms with Crippen LogP contribution in [0.5, 0.6) is 5.88 Å². The normalized spacial score (nSPS) is 9.27. The van der Waals surface area contributed by atoms with Gasteiger partial charge in [0.2, 0.25) is 5.88 Å². The number of ether oxygens (including phenoxy) is 1.